The molecule has 1 amide bonds. The zero-order valence-electron chi connectivity index (χ0n) is 12.0. The Morgan fingerprint density at radius 1 is 1.43 bits per heavy atom. The Hall–Kier alpha value is -1.40. The van der Waals surface area contributed by atoms with E-state index in [2.05, 4.69) is 21.2 Å². The highest BCUT2D eigenvalue weighted by molar-refractivity contribution is 9.10. The van der Waals surface area contributed by atoms with Crippen LogP contribution in [0, 0.1) is 0 Å². The van der Waals surface area contributed by atoms with E-state index in [0.29, 0.717) is 26.1 Å². The molecule has 1 atom stereocenters. The van der Waals surface area contributed by atoms with Crippen molar-refractivity contribution >= 4 is 27.8 Å². The normalized spacial score (nSPS) is 11.9. The maximum Gasteiger partial charge on any atom is 0.305 e. The van der Waals surface area contributed by atoms with Gasteiger partial charge in [-0.05, 0) is 31.0 Å². The fourth-order valence-electron chi connectivity index (χ4n) is 1.90. The second-order valence-corrected chi connectivity index (χ2v) is 5.49. The molecule has 0 aliphatic heterocycles. The summed E-state index contributed by atoms with van der Waals surface area (Å²) < 4.78 is 6.02. The summed E-state index contributed by atoms with van der Waals surface area (Å²) in [4.78, 5) is 22.9. The van der Waals surface area contributed by atoms with Crippen molar-refractivity contribution in [1.82, 2.24) is 5.32 Å². The van der Waals surface area contributed by atoms with Crippen molar-refractivity contribution in [2.45, 2.75) is 32.2 Å². The standard InChI is InChI=1S/C15H20BrNO4/c1-2-21-8-4-7-14(18)17-13(10-15(19)20)11-5-3-6-12(16)9-11/h3,5-6,9,13H,2,4,7-8,10H2,1H3,(H,17,18)(H,19,20). The molecule has 0 bridgehead atoms. The number of benzene rings is 1. The summed E-state index contributed by atoms with van der Waals surface area (Å²) in [5.74, 6) is -1.12. The Labute approximate surface area is 132 Å². The van der Waals surface area contributed by atoms with E-state index in [1.807, 2.05) is 25.1 Å². The lowest BCUT2D eigenvalue weighted by Crippen LogP contribution is -2.30. The quantitative estimate of drug-likeness (QED) is 0.666. The summed E-state index contributed by atoms with van der Waals surface area (Å²) >= 11 is 3.35. The molecular weight excluding hydrogens is 338 g/mol. The molecule has 116 valence electrons. The lowest BCUT2D eigenvalue weighted by atomic mass is 10.0. The molecule has 2 N–H and O–H groups in total. The average Bonchev–Trinajstić information content (AvgIpc) is 2.42. The average molecular weight is 358 g/mol. The Kier molecular flexibility index (Phi) is 8.00. The minimum absolute atomic E-state index is 0.145. The van der Waals surface area contributed by atoms with E-state index < -0.39 is 12.0 Å². The number of ether oxygens (including phenoxy) is 1. The first kappa shape index (κ1) is 17.7. The molecular formula is C15H20BrNO4. The Balaban J connectivity index is 2.62. The number of hydrogen-bond donors (Lipinski definition) is 2. The van der Waals surface area contributed by atoms with Gasteiger partial charge in [0.25, 0.3) is 0 Å². The number of amides is 1. The SMILES string of the molecule is CCOCCCC(=O)NC(CC(=O)O)c1cccc(Br)c1. The highest BCUT2D eigenvalue weighted by Crippen LogP contribution is 2.21. The van der Waals surface area contributed by atoms with Crippen molar-refractivity contribution in [3.63, 3.8) is 0 Å². The molecule has 0 spiro atoms. The van der Waals surface area contributed by atoms with Crippen molar-refractivity contribution in [2.75, 3.05) is 13.2 Å². The van der Waals surface area contributed by atoms with Crippen LogP contribution in [-0.2, 0) is 14.3 Å². The molecule has 6 heteroatoms. The van der Waals surface area contributed by atoms with Crippen LogP contribution in [0.1, 0.15) is 37.8 Å². The van der Waals surface area contributed by atoms with Crippen molar-refractivity contribution in [1.29, 1.82) is 0 Å². The molecule has 0 aliphatic rings. The van der Waals surface area contributed by atoms with Crippen LogP contribution in [0.2, 0.25) is 0 Å². The van der Waals surface area contributed by atoms with Gasteiger partial charge in [-0.25, -0.2) is 0 Å². The van der Waals surface area contributed by atoms with Gasteiger partial charge in [0.05, 0.1) is 12.5 Å². The molecule has 21 heavy (non-hydrogen) atoms. The van der Waals surface area contributed by atoms with Crippen molar-refractivity contribution in [2.24, 2.45) is 0 Å². The number of carboxylic acid groups (broad SMARTS) is 1. The van der Waals surface area contributed by atoms with Crippen LogP contribution >= 0.6 is 15.9 Å². The van der Waals surface area contributed by atoms with Gasteiger partial charge in [0.15, 0.2) is 0 Å². The second-order valence-electron chi connectivity index (χ2n) is 4.57. The number of nitrogens with one attached hydrogen (secondary N) is 1. The first-order chi connectivity index (χ1) is 10.0. The number of halogens is 1. The highest BCUT2D eigenvalue weighted by Gasteiger charge is 2.18. The van der Waals surface area contributed by atoms with E-state index in [9.17, 15) is 9.59 Å². The second kappa shape index (κ2) is 9.52. The lowest BCUT2D eigenvalue weighted by molar-refractivity contribution is -0.137. The van der Waals surface area contributed by atoms with E-state index in [0.717, 1.165) is 10.0 Å². The highest BCUT2D eigenvalue weighted by atomic mass is 79.9. The van der Waals surface area contributed by atoms with Gasteiger partial charge < -0.3 is 15.2 Å². The maximum absolute atomic E-state index is 11.9. The van der Waals surface area contributed by atoms with E-state index >= 15 is 0 Å². The van der Waals surface area contributed by atoms with Crippen LogP contribution in [0.5, 0.6) is 0 Å². The van der Waals surface area contributed by atoms with Gasteiger partial charge in [-0.3, -0.25) is 9.59 Å². The van der Waals surface area contributed by atoms with Gasteiger partial charge in [0.1, 0.15) is 0 Å². The van der Waals surface area contributed by atoms with Gasteiger partial charge in [0, 0.05) is 24.1 Å². The zero-order valence-corrected chi connectivity index (χ0v) is 13.6. The van der Waals surface area contributed by atoms with Crippen LogP contribution in [0.3, 0.4) is 0 Å². The predicted octanol–water partition coefficient (Wildman–Crippen LogP) is 2.90. The topological polar surface area (TPSA) is 75.6 Å². The molecule has 0 aliphatic carbocycles. The minimum atomic E-state index is -0.949. The summed E-state index contributed by atoms with van der Waals surface area (Å²) in [5.41, 5.74) is 0.768. The Bertz CT molecular complexity index is 478. The number of carbonyl (C=O) groups excluding carboxylic acids is 1. The molecule has 1 unspecified atom stereocenters. The molecule has 0 saturated carbocycles. The van der Waals surface area contributed by atoms with Gasteiger partial charge >= 0.3 is 5.97 Å². The Morgan fingerprint density at radius 2 is 2.19 bits per heavy atom. The predicted molar refractivity (Wildman–Crippen MR) is 83.0 cm³/mol. The molecule has 5 nitrogen and oxygen atoms in total. The molecule has 0 saturated heterocycles. The first-order valence-electron chi connectivity index (χ1n) is 6.87. The third-order valence-corrected chi connectivity index (χ3v) is 3.35. The number of aliphatic carboxylic acids is 1. The third kappa shape index (κ3) is 7.24. The van der Waals surface area contributed by atoms with Crippen LogP contribution < -0.4 is 5.32 Å². The van der Waals surface area contributed by atoms with E-state index in [1.165, 1.54) is 0 Å². The Morgan fingerprint density at radius 3 is 2.81 bits per heavy atom. The molecule has 1 rings (SSSR count). The molecule has 0 aromatic heterocycles. The number of hydrogen-bond acceptors (Lipinski definition) is 3. The van der Waals surface area contributed by atoms with Gasteiger partial charge in [-0.2, -0.15) is 0 Å². The molecule has 1 aromatic rings. The largest absolute Gasteiger partial charge is 0.481 e. The van der Waals surface area contributed by atoms with E-state index in [1.54, 1.807) is 6.07 Å². The molecule has 0 heterocycles. The van der Waals surface area contributed by atoms with Crippen LogP contribution in [0.25, 0.3) is 0 Å². The van der Waals surface area contributed by atoms with E-state index in [-0.39, 0.29) is 12.3 Å². The van der Waals surface area contributed by atoms with Crippen molar-refractivity contribution < 1.29 is 19.4 Å². The fraction of sp³-hybridized carbons (Fsp3) is 0.467. The van der Waals surface area contributed by atoms with Gasteiger partial charge in [0.2, 0.25) is 5.91 Å². The summed E-state index contributed by atoms with van der Waals surface area (Å²) in [5, 5.41) is 11.8. The third-order valence-electron chi connectivity index (χ3n) is 2.86. The van der Waals surface area contributed by atoms with Crippen LogP contribution in [0.15, 0.2) is 28.7 Å². The summed E-state index contributed by atoms with van der Waals surface area (Å²) in [6.45, 7) is 3.06. The summed E-state index contributed by atoms with van der Waals surface area (Å²) in [7, 11) is 0. The molecule has 1 aromatic carbocycles. The van der Waals surface area contributed by atoms with Crippen LogP contribution in [-0.4, -0.2) is 30.2 Å². The summed E-state index contributed by atoms with van der Waals surface area (Å²) in [6.07, 6.45) is 0.801. The van der Waals surface area contributed by atoms with Crippen molar-refractivity contribution in [3.05, 3.63) is 34.3 Å². The fourth-order valence-corrected chi connectivity index (χ4v) is 2.31. The smallest absolute Gasteiger partial charge is 0.305 e. The number of rotatable bonds is 9. The number of carbonyl (C=O) groups is 2. The minimum Gasteiger partial charge on any atom is -0.481 e. The first-order valence-corrected chi connectivity index (χ1v) is 7.66. The van der Waals surface area contributed by atoms with Gasteiger partial charge in [-0.1, -0.05) is 28.1 Å². The van der Waals surface area contributed by atoms with Crippen LogP contribution in [0.4, 0.5) is 0 Å². The maximum atomic E-state index is 11.9. The monoisotopic (exact) mass is 357 g/mol. The summed E-state index contributed by atoms with van der Waals surface area (Å²) in [6, 6.07) is 6.76. The van der Waals surface area contributed by atoms with Crippen molar-refractivity contribution in [3.8, 4) is 0 Å². The van der Waals surface area contributed by atoms with Gasteiger partial charge in [-0.15, -0.1) is 0 Å². The molecule has 0 fully saturated rings. The lowest BCUT2D eigenvalue weighted by Gasteiger charge is -2.17. The number of carboxylic acids is 1. The zero-order chi connectivity index (χ0) is 15.7. The molecule has 0 radical (unpaired) electrons. The van der Waals surface area contributed by atoms with E-state index in [4.69, 9.17) is 9.84 Å².